The van der Waals surface area contributed by atoms with Crippen molar-refractivity contribution < 1.29 is 23.5 Å². The summed E-state index contributed by atoms with van der Waals surface area (Å²) in [6.07, 6.45) is 2.79. The molecule has 0 aliphatic heterocycles. The van der Waals surface area contributed by atoms with Crippen molar-refractivity contribution in [2.45, 2.75) is 65.3 Å². The third-order valence-corrected chi connectivity index (χ3v) is 7.93. The molecule has 0 aliphatic carbocycles. The zero-order chi connectivity index (χ0) is 30.8. The quantitative estimate of drug-likeness (QED) is 0.0837. The molecule has 228 valence electrons. The van der Waals surface area contributed by atoms with Crippen LogP contribution in [0.4, 0.5) is 5.82 Å². The maximum atomic E-state index is 14.2. The first-order valence-corrected chi connectivity index (χ1v) is 15.9. The fourth-order valence-electron chi connectivity index (χ4n) is 4.27. The Hall–Kier alpha value is -4.12. The van der Waals surface area contributed by atoms with E-state index in [1.165, 1.54) is 6.33 Å². The van der Waals surface area contributed by atoms with E-state index in [4.69, 9.17) is 19.8 Å². The minimum Gasteiger partial charge on any atom is -0.462 e. The van der Waals surface area contributed by atoms with Gasteiger partial charge in [0.25, 0.3) is 0 Å². The molecule has 0 bridgehead atoms. The number of nitrogen functional groups attached to an aromatic ring is 1. The molecule has 1 unspecified atom stereocenters. The lowest BCUT2D eigenvalue weighted by molar-refractivity contribution is -0.149. The molecule has 2 aromatic carbocycles. The summed E-state index contributed by atoms with van der Waals surface area (Å²) in [5, 5.41) is 7.18. The molecule has 13 heteroatoms. The van der Waals surface area contributed by atoms with Crippen LogP contribution in [0.3, 0.4) is 0 Å². The Labute approximate surface area is 251 Å². The molecule has 0 fully saturated rings. The van der Waals surface area contributed by atoms with Crippen molar-refractivity contribution in [3.8, 4) is 0 Å². The summed E-state index contributed by atoms with van der Waals surface area (Å²) in [4.78, 5) is 25.1. The number of nitrogens with zero attached hydrogens (tertiary/aromatic N) is 5. The second kappa shape index (κ2) is 14.9. The number of aromatic nitrogens is 4. The molecule has 2 aromatic heterocycles. The van der Waals surface area contributed by atoms with Crippen LogP contribution in [0, 0.1) is 0 Å². The van der Waals surface area contributed by atoms with Crippen LogP contribution in [0.25, 0.3) is 11.2 Å². The molecule has 43 heavy (non-hydrogen) atoms. The number of benzene rings is 2. The number of nitrogens with one attached hydrogen (secondary N) is 1. The molecule has 3 atom stereocenters. The van der Waals surface area contributed by atoms with Crippen LogP contribution < -0.4 is 10.8 Å². The summed E-state index contributed by atoms with van der Waals surface area (Å²) in [5.41, 5.74) is 9.66. The predicted molar refractivity (Wildman–Crippen MR) is 165 cm³/mol. The summed E-state index contributed by atoms with van der Waals surface area (Å²) < 4.78 is 33.0. The number of oxime groups is 1. The number of rotatable bonds is 15. The summed E-state index contributed by atoms with van der Waals surface area (Å²) in [6.45, 7) is 7.21. The third-order valence-electron chi connectivity index (χ3n) is 6.31. The Balaban J connectivity index is 1.53. The second-order valence-corrected chi connectivity index (χ2v) is 12.5. The molecule has 4 aromatic rings. The van der Waals surface area contributed by atoms with Gasteiger partial charge in [-0.1, -0.05) is 65.8 Å². The normalized spacial score (nSPS) is 14.2. The van der Waals surface area contributed by atoms with Gasteiger partial charge in [-0.05, 0) is 38.8 Å². The van der Waals surface area contributed by atoms with E-state index < -0.39 is 25.6 Å². The van der Waals surface area contributed by atoms with E-state index in [0.717, 1.165) is 11.1 Å². The molecular weight excluding hydrogens is 569 g/mol. The summed E-state index contributed by atoms with van der Waals surface area (Å²) >= 11 is 0. The number of imidazole rings is 1. The average molecular weight is 608 g/mol. The summed E-state index contributed by atoms with van der Waals surface area (Å²) in [6, 6.07) is 18.7. The Morgan fingerprint density at radius 2 is 1.60 bits per heavy atom. The van der Waals surface area contributed by atoms with Gasteiger partial charge in [0.2, 0.25) is 0 Å². The molecule has 0 radical (unpaired) electrons. The maximum absolute atomic E-state index is 14.2. The Bertz CT molecular complexity index is 1520. The Morgan fingerprint density at radius 1 is 0.977 bits per heavy atom. The highest BCUT2D eigenvalue weighted by molar-refractivity contribution is 7.56. The molecule has 0 amide bonds. The first-order valence-electron chi connectivity index (χ1n) is 14.0. The minimum atomic E-state index is -3.87. The van der Waals surface area contributed by atoms with Gasteiger partial charge in [-0.2, -0.15) is 0 Å². The highest BCUT2D eigenvalue weighted by Crippen LogP contribution is 2.44. The topological polar surface area (TPSA) is 156 Å². The van der Waals surface area contributed by atoms with Gasteiger partial charge < -0.3 is 24.4 Å². The van der Waals surface area contributed by atoms with Gasteiger partial charge in [-0.3, -0.25) is 9.36 Å². The van der Waals surface area contributed by atoms with Gasteiger partial charge >= 0.3 is 13.5 Å². The van der Waals surface area contributed by atoms with E-state index in [1.54, 1.807) is 31.7 Å². The van der Waals surface area contributed by atoms with Crippen molar-refractivity contribution in [1.29, 1.82) is 0 Å². The van der Waals surface area contributed by atoms with Gasteiger partial charge in [0.1, 0.15) is 24.2 Å². The number of ether oxygens (including phenoxy) is 2. The minimum absolute atomic E-state index is 0.279. The lowest BCUT2D eigenvalue weighted by atomic mass is 10.0. The monoisotopic (exact) mass is 607 g/mol. The van der Waals surface area contributed by atoms with Crippen molar-refractivity contribution in [2.24, 2.45) is 5.16 Å². The fraction of sp³-hybridized carbons (Fsp3) is 0.367. The van der Waals surface area contributed by atoms with Gasteiger partial charge in [-0.25, -0.2) is 20.0 Å². The smallest absolute Gasteiger partial charge is 0.364 e. The number of esters is 1. The highest BCUT2D eigenvalue weighted by Gasteiger charge is 2.32. The Kier molecular flexibility index (Phi) is 11.0. The van der Waals surface area contributed by atoms with Gasteiger partial charge in [0.05, 0.1) is 30.8 Å². The first kappa shape index (κ1) is 31.8. The average Bonchev–Trinajstić information content (AvgIpc) is 3.39. The van der Waals surface area contributed by atoms with Crippen molar-refractivity contribution in [2.75, 3.05) is 12.1 Å². The number of hydrogen-bond donors (Lipinski definition) is 2. The lowest BCUT2D eigenvalue weighted by Gasteiger charge is -2.23. The number of nitrogens with two attached hydrogens (primary N) is 1. The molecule has 4 rings (SSSR count). The van der Waals surface area contributed by atoms with Crippen molar-refractivity contribution in [3.63, 3.8) is 0 Å². The highest BCUT2D eigenvalue weighted by atomic mass is 31.2. The molecule has 0 saturated heterocycles. The molecule has 0 spiro atoms. The molecule has 0 saturated carbocycles. The van der Waals surface area contributed by atoms with E-state index in [1.807, 2.05) is 67.6 Å². The summed E-state index contributed by atoms with van der Waals surface area (Å²) in [5.74, 6) is -0.284. The SMILES string of the molecule is CC(C)OC(=O)[C@H](C)NP(=O)(CO[C@H](C)Cn1cnc2c(N)ncnc21)ON=C(Cc1ccccc1)Cc1ccccc1. The van der Waals surface area contributed by atoms with Gasteiger partial charge in [0.15, 0.2) is 11.5 Å². The van der Waals surface area contributed by atoms with Gasteiger partial charge in [0, 0.05) is 12.8 Å². The molecule has 3 N–H and O–H groups in total. The standard InChI is InChI=1S/C30H38N7O5P/c1-21(2)41-30(38)23(4)36-43(39,20-40-22(3)17-37-19-34-27-28(31)32-18-33-29(27)37)42-35-26(15-24-11-7-5-8-12-24)16-25-13-9-6-10-14-25/h5-14,18-19,21-23H,15-17,20H2,1-4H3,(H,36,39)(H2,31,32,33)/t22-,23+,43?/m1/s1. The molecule has 0 aliphatic rings. The van der Waals surface area contributed by atoms with E-state index in [0.29, 0.717) is 36.3 Å². The van der Waals surface area contributed by atoms with Crippen molar-refractivity contribution in [3.05, 3.63) is 84.4 Å². The number of carbonyl (C=O) groups excluding carboxylic acids is 1. The number of carbonyl (C=O) groups is 1. The zero-order valence-corrected chi connectivity index (χ0v) is 25.7. The van der Waals surface area contributed by atoms with E-state index >= 15 is 0 Å². The Morgan fingerprint density at radius 3 is 2.21 bits per heavy atom. The number of hydrogen-bond acceptors (Lipinski definition) is 10. The number of fused-ring (bicyclic) bond motifs is 1. The van der Waals surface area contributed by atoms with E-state index in [-0.39, 0.29) is 18.3 Å². The van der Waals surface area contributed by atoms with Crippen LogP contribution in [0.5, 0.6) is 0 Å². The number of anilines is 1. The van der Waals surface area contributed by atoms with Crippen LogP contribution in [0.15, 0.2) is 78.5 Å². The van der Waals surface area contributed by atoms with E-state index in [2.05, 4.69) is 25.2 Å². The van der Waals surface area contributed by atoms with Crippen LogP contribution in [-0.4, -0.2) is 55.8 Å². The maximum Gasteiger partial charge on any atom is 0.364 e. The van der Waals surface area contributed by atoms with Crippen LogP contribution >= 0.6 is 7.52 Å². The first-order chi connectivity index (χ1) is 20.6. The molecular formula is C30H38N7O5P. The van der Waals surface area contributed by atoms with Crippen LogP contribution in [0.1, 0.15) is 38.8 Å². The lowest BCUT2D eigenvalue weighted by Crippen LogP contribution is -2.36. The second-order valence-electron chi connectivity index (χ2n) is 10.5. The van der Waals surface area contributed by atoms with Gasteiger partial charge in [-0.15, -0.1) is 0 Å². The predicted octanol–water partition coefficient (Wildman–Crippen LogP) is 4.75. The third kappa shape index (κ3) is 9.44. The van der Waals surface area contributed by atoms with Crippen molar-refractivity contribution >= 4 is 36.2 Å². The van der Waals surface area contributed by atoms with Crippen molar-refractivity contribution in [1.82, 2.24) is 24.6 Å². The fourth-order valence-corrected chi connectivity index (χ4v) is 5.83. The molecule has 12 nitrogen and oxygen atoms in total. The van der Waals surface area contributed by atoms with E-state index in [9.17, 15) is 9.36 Å². The van der Waals surface area contributed by atoms with Crippen LogP contribution in [-0.2, 0) is 42.8 Å². The summed E-state index contributed by atoms with van der Waals surface area (Å²) in [7, 11) is -3.87. The largest absolute Gasteiger partial charge is 0.462 e. The molecule has 2 heterocycles. The van der Waals surface area contributed by atoms with Crippen LogP contribution in [0.2, 0.25) is 0 Å². The zero-order valence-electron chi connectivity index (χ0n) is 24.8.